The van der Waals surface area contributed by atoms with Gasteiger partial charge in [-0.15, -0.1) is 11.3 Å². The first-order chi connectivity index (χ1) is 10.9. The molecule has 0 saturated carbocycles. The van der Waals surface area contributed by atoms with E-state index in [0.717, 1.165) is 4.83 Å². The number of carboxylic acid groups (broad SMARTS) is 1. The molecule has 4 atom stereocenters. The van der Waals surface area contributed by atoms with Gasteiger partial charge in [0.25, 0.3) is 0 Å². The van der Waals surface area contributed by atoms with Crippen molar-refractivity contribution in [2.75, 3.05) is 0 Å². The second kappa shape index (κ2) is 4.65. The predicted octanol–water partition coefficient (Wildman–Crippen LogP) is 1.05. The highest BCUT2D eigenvalue weighted by atomic mass is 32.1. The Balaban J connectivity index is 1.90. The van der Waals surface area contributed by atoms with Crippen molar-refractivity contribution in [2.45, 2.75) is 26.0 Å². The fraction of sp³-hybridized carbons (Fsp3) is 0.400. The van der Waals surface area contributed by atoms with Crippen LogP contribution in [0.4, 0.5) is 0 Å². The number of carbonyl (C=O) groups excluding carboxylic acids is 1. The number of carbonyl (C=O) groups is 2. The molecular weight excluding hydrogens is 318 g/mol. The van der Waals surface area contributed by atoms with Crippen molar-refractivity contribution in [1.82, 2.24) is 14.3 Å². The van der Waals surface area contributed by atoms with Crippen LogP contribution in [0.5, 0.6) is 0 Å². The molecule has 7 nitrogen and oxygen atoms in total. The standard InChI is InChI=1S/C15H15N3O4S/c1-6-8(10-14-17(5-16-10)3-4-23-14)12(15(21)22)18-11(6)9(7(2)19)13(18)20/h3-7,9,11,19H,1-2H3,(H,21,22)/t6-,7+,9+,11-/m0/s1. The Kier molecular flexibility index (Phi) is 2.91. The van der Waals surface area contributed by atoms with E-state index in [1.165, 1.54) is 16.2 Å². The van der Waals surface area contributed by atoms with Crippen LogP contribution in [0.25, 0.3) is 10.4 Å². The lowest BCUT2D eigenvalue weighted by Gasteiger charge is -2.46. The number of carboxylic acids is 1. The van der Waals surface area contributed by atoms with E-state index in [0.29, 0.717) is 11.3 Å². The Hall–Kier alpha value is -2.19. The summed E-state index contributed by atoms with van der Waals surface area (Å²) in [6.07, 6.45) is 2.70. The van der Waals surface area contributed by atoms with Gasteiger partial charge < -0.3 is 15.1 Å². The number of aliphatic carboxylic acids is 1. The van der Waals surface area contributed by atoms with Gasteiger partial charge in [0.2, 0.25) is 5.91 Å². The molecule has 8 heteroatoms. The number of amides is 1. The van der Waals surface area contributed by atoms with Crippen LogP contribution in [-0.4, -0.2) is 48.5 Å². The summed E-state index contributed by atoms with van der Waals surface area (Å²) in [4.78, 5) is 30.7. The van der Waals surface area contributed by atoms with Crippen LogP contribution in [0, 0.1) is 11.8 Å². The monoisotopic (exact) mass is 333 g/mol. The lowest BCUT2D eigenvalue weighted by atomic mass is 9.77. The minimum Gasteiger partial charge on any atom is -0.477 e. The quantitative estimate of drug-likeness (QED) is 0.819. The number of rotatable bonds is 3. The summed E-state index contributed by atoms with van der Waals surface area (Å²) in [6.45, 7) is 3.46. The van der Waals surface area contributed by atoms with Gasteiger partial charge in [0, 0.05) is 23.1 Å². The summed E-state index contributed by atoms with van der Waals surface area (Å²) < 4.78 is 1.84. The minimum absolute atomic E-state index is 0.00148. The molecule has 2 aromatic heterocycles. The van der Waals surface area contributed by atoms with Crippen molar-refractivity contribution in [1.29, 1.82) is 0 Å². The summed E-state index contributed by atoms with van der Waals surface area (Å²) in [5, 5.41) is 21.4. The molecule has 2 aliphatic rings. The molecule has 120 valence electrons. The number of imidazole rings is 1. The van der Waals surface area contributed by atoms with E-state index < -0.39 is 18.0 Å². The Labute approximate surface area is 135 Å². The van der Waals surface area contributed by atoms with Gasteiger partial charge in [-0.3, -0.25) is 9.20 Å². The largest absolute Gasteiger partial charge is 0.477 e. The molecule has 1 fully saturated rings. The van der Waals surface area contributed by atoms with E-state index in [1.807, 2.05) is 22.9 Å². The molecule has 2 N–H and O–H groups in total. The first kappa shape index (κ1) is 14.4. The number of hydrogen-bond donors (Lipinski definition) is 2. The van der Waals surface area contributed by atoms with Crippen molar-refractivity contribution >= 4 is 33.6 Å². The third-order valence-corrected chi connectivity index (χ3v) is 5.66. The number of fused-ring (bicyclic) bond motifs is 2. The van der Waals surface area contributed by atoms with Crippen LogP contribution >= 0.6 is 11.3 Å². The molecule has 2 aromatic rings. The summed E-state index contributed by atoms with van der Waals surface area (Å²) in [6, 6.07) is -0.319. The molecule has 0 radical (unpaired) electrons. The van der Waals surface area contributed by atoms with Gasteiger partial charge in [-0.05, 0) is 6.92 Å². The topological polar surface area (TPSA) is 95.1 Å². The minimum atomic E-state index is -1.13. The van der Waals surface area contributed by atoms with E-state index in [2.05, 4.69) is 4.98 Å². The van der Waals surface area contributed by atoms with Crippen LogP contribution < -0.4 is 0 Å². The van der Waals surface area contributed by atoms with Gasteiger partial charge in [-0.2, -0.15) is 0 Å². The maximum absolute atomic E-state index is 12.3. The van der Waals surface area contributed by atoms with Crippen LogP contribution in [0.3, 0.4) is 0 Å². The van der Waals surface area contributed by atoms with E-state index in [1.54, 1.807) is 13.3 Å². The average molecular weight is 333 g/mol. The van der Waals surface area contributed by atoms with E-state index >= 15 is 0 Å². The summed E-state index contributed by atoms with van der Waals surface area (Å²) >= 11 is 1.47. The highest BCUT2D eigenvalue weighted by Crippen LogP contribution is 2.50. The Bertz CT molecular complexity index is 865. The Morgan fingerprint density at radius 2 is 2.22 bits per heavy atom. The van der Waals surface area contributed by atoms with Gasteiger partial charge in [0.15, 0.2) is 0 Å². The van der Waals surface area contributed by atoms with Crippen LogP contribution in [0.15, 0.2) is 23.6 Å². The highest BCUT2D eigenvalue weighted by Gasteiger charge is 2.60. The van der Waals surface area contributed by atoms with Crippen LogP contribution in [0.2, 0.25) is 0 Å². The number of thiazole rings is 1. The normalized spacial score (nSPS) is 28.2. The highest BCUT2D eigenvalue weighted by molar-refractivity contribution is 7.15. The summed E-state index contributed by atoms with van der Waals surface area (Å²) in [7, 11) is 0. The van der Waals surface area contributed by atoms with E-state index in [9.17, 15) is 19.8 Å². The first-order valence-electron chi connectivity index (χ1n) is 7.32. The summed E-state index contributed by atoms with van der Waals surface area (Å²) in [5.41, 5.74) is 1.18. The van der Waals surface area contributed by atoms with Crippen molar-refractivity contribution < 1.29 is 19.8 Å². The predicted molar refractivity (Wildman–Crippen MR) is 82.6 cm³/mol. The molecule has 0 aromatic carbocycles. The third-order valence-electron chi connectivity index (χ3n) is 4.78. The van der Waals surface area contributed by atoms with Crippen LogP contribution in [0.1, 0.15) is 19.5 Å². The maximum Gasteiger partial charge on any atom is 0.353 e. The number of aliphatic hydroxyl groups excluding tert-OH is 1. The van der Waals surface area contributed by atoms with Gasteiger partial charge in [-0.25, -0.2) is 9.78 Å². The fourth-order valence-electron chi connectivity index (χ4n) is 3.80. The van der Waals surface area contributed by atoms with Crippen molar-refractivity contribution in [3.05, 3.63) is 29.3 Å². The van der Waals surface area contributed by atoms with Crippen molar-refractivity contribution in [3.8, 4) is 0 Å². The zero-order valence-electron chi connectivity index (χ0n) is 12.5. The van der Waals surface area contributed by atoms with Gasteiger partial charge in [-0.1, -0.05) is 6.92 Å². The molecular formula is C15H15N3O4S. The molecule has 4 heterocycles. The summed E-state index contributed by atoms with van der Waals surface area (Å²) in [5.74, 6) is -2.21. The molecule has 0 aliphatic carbocycles. The SMILES string of the molecule is C[C@@H](O)[C@H]1C(=O)N2C(C(=O)O)=C(c3ncn4ccsc34)[C@H](C)[C@@H]12. The average Bonchev–Trinajstić information content (AvgIpc) is 3.11. The lowest BCUT2D eigenvalue weighted by molar-refractivity contribution is -0.163. The lowest BCUT2D eigenvalue weighted by Crippen LogP contribution is -2.63. The number of nitrogens with zero attached hydrogens (tertiary/aromatic N) is 3. The molecule has 1 amide bonds. The van der Waals surface area contributed by atoms with E-state index in [4.69, 9.17) is 0 Å². The zero-order valence-corrected chi connectivity index (χ0v) is 13.3. The smallest absolute Gasteiger partial charge is 0.353 e. The van der Waals surface area contributed by atoms with Gasteiger partial charge in [0.05, 0.1) is 18.1 Å². The van der Waals surface area contributed by atoms with Crippen molar-refractivity contribution in [2.24, 2.45) is 11.8 Å². The molecule has 0 bridgehead atoms. The second-order valence-corrected chi connectivity index (χ2v) is 6.92. The fourth-order valence-corrected chi connectivity index (χ4v) is 4.62. The van der Waals surface area contributed by atoms with Crippen molar-refractivity contribution in [3.63, 3.8) is 0 Å². The van der Waals surface area contributed by atoms with Gasteiger partial charge >= 0.3 is 5.97 Å². The molecule has 2 aliphatic heterocycles. The second-order valence-electron chi connectivity index (χ2n) is 6.03. The molecule has 23 heavy (non-hydrogen) atoms. The number of aromatic nitrogens is 2. The third kappa shape index (κ3) is 1.70. The molecule has 4 rings (SSSR count). The molecule has 1 saturated heterocycles. The number of β-lactam (4-membered cyclic amide) rings is 1. The van der Waals surface area contributed by atoms with Gasteiger partial charge in [0.1, 0.15) is 22.5 Å². The first-order valence-corrected chi connectivity index (χ1v) is 8.20. The Morgan fingerprint density at radius 1 is 1.48 bits per heavy atom. The number of hydrogen-bond acceptors (Lipinski definition) is 5. The molecule has 0 spiro atoms. The zero-order chi connectivity index (χ0) is 16.5. The molecule has 0 unspecified atom stereocenters. The number of aliphatic hydroxyl groups is 1. The maximum atomic E-state index is 12.3. The van der Waals surface area contributed by atoms with Crippen LogP contribution in [-0.2, 0) is 9.59 Å². The van der Waals surface area contributed by atoms with E-state index in [-0.39, 0.29) is 23.6 Å². The Morgan fingerprint density at radius 3 is 2.87 bits per heavy atom.